The van der Waals surface area contributed by atoms with Crippen LogP contribution in [0.3, 0.4) is 0 Å². The quantitative estimate of drug-likeness (QED) is 0.248. The predicted molar refractivity (Wildman–Crippen MR) is 129 cm³/mol. The SMILES string of the molecule is COC(=O)C=CC(=Cc1ccc2c(c1)C(C)(C)CCC2(C)C)c1cccc(C(=O)OC)c1. The molecular weight excluding hydrogens is 400 g/mol. The van der Waals surface area contributed by atoms with E-state index >= 15 is 0 Å². The van der Waals surface area contributed by atoms with Crippen LogP contribution in [0.4, 0.5) is 0 Å². The van der Waals surface area contributed by atoms with Crippen molar-refractivity contribution >= 4 is 23.6 Å². The average molecular weight is 433 g/mol. The Hall–Kier alpha value is -3.14. The number of allylic oxidation sites excluding steroid dienone is 2. The zero-order valence-corrected chi connectivity index (χ0v) is 19.8. The van der Waals surface area contributed by atoms with Crippen molar-refractivity contribution in [1.29, 1.82) is 0 Å². The fourth-order valence-electron chi connectivity index (χ4n) is 4.27. The van der Waals surface area contributed by atoms with Crippen molar-refractivity contribution in [2.24, 2.45) is 0 Å². The van der Waals surface area contributed by atoms with E-state index in [1.807, 2.05) is 12.1 Å². The Morgan fingerprint density at radius 2 is 1.47 bits per heavy atom. The van der Waals surface area contributed by atoms with E-state index < -0.39 is 11.9 Å². The van der Waals surface area contributed by atoms with Crippen LogP contribution >= 0.6 is 0 Å². The molecule has 0 amide bonds. The molecule has 4 heteroatoms. The largest absolute Gasteiger partial charge is 0.466 e. The highest BCUT2D eigenvalue weighted by Crippen LogP contribution is 2.46. The normalized spacial score (nSPS) is 17.0. The van der Waals surface area contributed by atoms with E-state index in [1.54, 1.807) is 24.3 Å². The number of rotatable bonds is 5. The number of hydrogen-bond acceptors (Lipinski definition) is 4. The minimum absolute atomic E-state index is 0.0987. The van der Waals surface area contributed by atoms with Crippen molar-refractivity contribution < 1.29 is 19.1 Å². The summed E-state index contributed by atoms with van der Waals surface area (Å²) < 4.78 is 9.62. The second kappa shape index (κ2) is 9.15. The molecule has 1 aliphatic rings. The van der Waals surface area contributed by atoms with E-state index in [9.17, 15) is 9.59 Å². The van der Waals surface area contributed by atoms with Crippen molar-refractivity contribution in [3.8, 4) is 0 Å². The standard InChI is InChI=1S/C28H32O4/c1-27(2)14-15-28(3,4)24-17-19(10-12-23(24)27)16-21(11-13-25(29)31-5)20-8-7-9-22(18-20)26(30)32-6/h7-13,16-18H,14-15H2,1-6H3. The second-order valence-corrected chi connectivity index (χ2v) is 9.60. The van der Waals surface area contributed by atoms with Crippen molar-refractivity contribution in [3.05, 3.63) is 82.4 Å². The molecule has 0 bridgehead atoms. The summed E-state index contributed by atoms with van der Waals surface area (Å²) >= 11 is 0. The zero-order valence-electron chi connectivity index (χ0n) is 19.8. The number of benzene rings is 2. The maximum absolute atomic E-state index is 12.0. The van der Waals surface area contributed by atoms with Crippen LogP contribution in [0.25, 0.3) is 11.6 Å². The Bertz CT molecular complexity index is 1090. The highest BCUT2D eigenvalue weighted by molar-refractivity contribution is 5.95. The lowest BCUT2D eigenvalue weighted by Crippen LogP contribution is -2.33. The lowest BCUT2D eigenvalue weighted by Gasteiger charge is -2.42. The van der Waals surface area contributed by atoms with E-state index in [0.717, 1.165) is 29.5 Å². The van der Waals surface area contributed by atoms with Crippen LogP contribution in [0.1, 0.15) is 73.1 Å². The molecule has 32 heavy (non-hydrogen) atoms. The monoisotopic (exact) mass is 432 g/mol. The van der Waals surface area contributed by atoms with Gasteiger partial charge in [0.25, 0.3) is 0 Å². The summed E-state index contributed by atoms with van der Waals surface area (Å²) in [6.07, 6.45) is 7.44. The van der Waals surface area contributed by atoms with Gasteiger partial charge in [-0.05, 0) is 75.8 Å². The molecule has 0 fully saturated rings. The molecule has 3 rings (SSSR count). The fraction of sp³-hybridized carbons (Fsp3) is 0.357. The van der Waals surface area contributed by atoms with Gasteiger partial charge in [0.2, 0.25) is 0 Å². The van der Waals surface area contributed by atoms with Gasteiger partial charge in [-0.2, -0.15) is 0 Å². The van der Waals surface area contributed by atoms with Gasteiger partial charge in [-0.1, -0.05) is 58.0 Å². The van der Waals surface area contributed by atoms with Crippen molar-refractivity contribution in [2.45, 2.75) is 51.4 Å². The van der Waals surface area contributed by atoms with E-state index in [2.05, 4.69) is 45.9 Å². The molecule has 0 aromatic heterocycles. The molecule has 0 aliphatic heterocycles. The summed E-state index contributed by atoms with van der Waals surface area (Å²) in [7, 11) is 2.71. The molecule has 0 N–H and O–H groups in total. The topological polar surface area (TPSA) is 52.6 Å². The van der Waals surface area contributed by atoms with Gasteiger partial charge in [-0.25, -0.2) is 9.59 Å². The first-order chi connectivity index (χ1) is 15.1. The number of carbonyl (C=O) groups is 2. The van der Waals surface area contributed by atoms with Crippen molar-refractivity contribution in [1.82, 2.24) is 0 Å². The molecule has 2 aromatic carbocycles. The minimum atomic E-state index is -0.437. The summed E-state index contributed by atoms with van der Waals surface area (Å²) in [4.78, 5) is 23.8. The van der Waals surface area contributed by atoms with Gasteiger partial charge in [0.1, 0.15) is 0 Å². The average Bonchev–Trinajstić information content (AvgIpc) is 2.79. The first-order valence-corrected chi connectivity index (χ1v) is 10.9. The summed E-state index contributed by atoms with van der Waals surface area (Å²) in [5, 5.41) is 0. The first kappa shape index (κ1) is 23.5. The molecule has 0 heterocycles. The Morgan fingerprint density at radius 1 is 0.812 bits per heavy atom. The van der Waals surface area contributed by atoms with E-state index in [0.29, 0.717) is 5.56 Å². The van der Waals surface area contributed by atoms with Gasteiger partial charge in [0, 0.05) is 6.08 Å². The number of hydrogen-bond donors (Lipinski definition) is 0. The number of esters is 2. The van der Waals surface area contributed by atoms with Gasteiger partial charge < -0.3 is 9.47 Å². The molecule has 0 unspecified atom stereocenters. The highest BCUT2D eigenvalue weighted by Gasteiger charge is 2.36. The third-order valence-corrected chi connectivity index (χ3v) is 6.42. The van der Waals surface area contributed by atoms with Gasteiger partial charge in [-0.15, -0.1) is 0 Å². The van der Waals surface area contributed by atoms with Crippen molar-refractivity contribution in [3.63, 3.8) is 0 Å². The Morgan fingerprint density at radius 3 is 2.12 bits per heavy atom. The molecule has 0 saturated heterocycles. The van der Waals surface area contributed by atoms with Crippen LogP contribution in [0.5, 0.6) is 0 Å². The molecule has 4 nitrogen and oxygen atoms in total. The lowest BCUT2D eigenvalue weighted by molar-refractivity contribution is -0.134. The van der Waals surface area contributed by atoms with Crippen LogP contribution in [-0.2, 0) is 25.1 Å². The number of carbonyl (C=O) groups excluding carboxylic acids is 2. The summed E-state index contributed by atoms with van der Waals surface area (Å²) in [6.45, 7) is 9.21. The summed E-state index contributed by atoms with van der Waals surface area (Å²) in [5.74, 6) is -0.839. The van der Waals surface area contributed by atoms with Crippen LogP contribution < -0.4 is 0 Å². The molecule has 1 aliphatic carbocycles. The van der Waals surface area contributed by atoms with Gasteiger partial charge in [0.05, 0.1) is 19.8 Å². The van der Waals surface area contributed by atoms with Crippen molar-refractivity contribution in [2.75, 3.05) is 14.2 Å². The van der Waals surface area contributed by atoms with E-state index in [1.165, 1.54) is 31.4 Å². The Balaban J connectivity index is 2.12. The number of ether oxygens (including phenoxy) is 2. The molecular formula is C28H32O4. The molecule has 0 radical (unpaired) electrons. The van der Waals surface area contributed by atoms with Gasteiger partial charge in [-0.3, -0.25) is 0 Å². The van der Waals surface area contributed by atoms with Crippen LogP contribution in [0, 0.1) is 0 Å². The van der Waals surface area contributed by atoms with E-state index in [4.69, 9.17) is 9.47 Å². The fourth-order valence-corrected chi connectivity index (χ4v) is 4.27. The predicted octanol–water partition coefficient (Wildman–Crippen LogP) is 6.09. The van der Waals surface area contributed by atoms with Gasteiger partial charge in [0.15, 0.2) is 0 Å². The third kappa shape index (κ3) is 5.01. The first-order valence-electron chi connectivity index (χ1n) is 10.9. The summed E-state index contributed by atoms with van der Waals surface area (Å²) in [6, 6.07) is 13.8. The molecule has 0 spiro atoms. The maximum Gasteiger partial charge on any atom is 0.337 e. The van der Waals surface area contributed by atoms with Crippen LogP contribution in [-0.4, -0.2) is 26.2 Å². The smallest absolute Gasteiger partial charge is 0.337 e. The second-order valence-electron chi connectivity index (χ2n) is 9.60. The lowest BCUT2D eigenvalue weighted by atomic mass is 9.63. The van der Waals surface area contributed by atoms with E-state index in [-0.39, 0.29) is 10.8 Å². The molecule has 2 aromatic rings. The number of methoxy groups -OCH3 is 2. The molecule has 168 valence electrons. The number of fused-ring (bicyclic) bond motifs is 1. The van der Waals surface area contributed by atoms with Crippen LogP contribution in [0.2, 0.25) is 0 Å². The summed E-state index contributed by atoms with van der Waals surface area (Å²) in [5.41, 5.74) is 6.11. The Kier molecular flexibility index (Phi) is 6.73. The van der Waals surface area contributed by atoms with Gasteiger partial charge >= 0.3 is 11.9 Å². The zero-order chi connectivity index (χ0) is 23.5. The molecule has 0 saturated carbocycles. The maximum atomic E-state index is 12.0. The third-order valence-electron chi connectivity index (χ3n) is 6.42. The minimum Gasteiger partial charge on any atom is -0.466 e. The highest BCUT2D eigenvalue weighted by atomic mass is 16.5. The van der Waals surface area contributed by atoms with Crippen LogP contribution in [0.15, 0.2) is 54.6 Å². The molecule has 0 atom stereocenters. The Labute approximate surface area is 190 Å².